The Bertz CT molecular complexity index is 454. The highest BCUT2D eigenvalue weighted by molar-refractivity contribution is 5.83. The Morgan fingerprint density at radius 1 is 1.36 bits per heavy atom. The van der Waals surface area contributed by atoms with Crippen LogP contribution in [0, 0.1) is 0 Å². The lowest BCUT2D eigenvalue weighted by Gasteiger charge is -2.06. The number of benzene rings is 1. The van der Waals surface area contributed by atoms with Crippen LogP contribution in [0.2, 0.25) is 0 Å². The van der Waals surface area contributed by atoms with Gasteiger partial charge >= 0.3 is 0 Å². The third kappa shape index (κ3) is 1.42. The van der Waals surface area contributed by atoms with E-state index < -0.39 is 0 Å². The lowest BCUT2D eigenvalue weighted by Crippen LogP contribution is -1.96. The standard InChI is InChI=1S/C11H12N2O/c1-12-11-6-8(7-14)9-4-2-3-5-10(9)13-11/h2-6,14H,7H2,1H3,(H,12,13). The van der Waals surface area contributed by atoms with Crippen LogP contribution in [-0.4, -0.2) is 17.1 Å². The van der Waals surface area contributed by atoms with Gasteiger partial charge in [-0.1, -0.05) is 18.2 Å². The second-order valence-corrected chi connectivity index (χ2v) is 3.09. The maximum Gasteiger partial charge on any atom is 0.126 e. The lowest BCUT2D eigenvalue weighted by atomic mass is 10.1. The van der Waals surface area contributed by atoms with Crippen LogP contribution in [0.3, 0.4) is 0 Å². The summed E-state index contributed by atoms with van der Waals surface area (Å²) in [6.07, 6.45) is 0. The molecule has 0 aliphatic carbocycles. The number of aliphatic hydroxyl groups excluding tert-OH is 1. The van der Waals surface area contributed by atoms with E-state index in [1.165, 1.54) is 0 Å². The molecule has 1 aromatic carbocycles. The maximum absolute atomic E-state index is 9.20. The summed E-state index contributed by atoms with van der Waals surface area (Å²) in [5.74, 6) is 0.785. The van der Waals surface area contributed by atoms with Crippen LogP contribution in [0.25, 0.3) is 10.9 Å². The number of aliphatic hydroxyl groups is 1. The molecule has 2 N–H and O–H groups in total. The highest BCUT2D eigenvalue weighted by Gasteiger charge is 2.02. The summed E-state index contributed by atoms with van der Waals surface area (Å²) < 4.78 is 0. The predicted octanol–water partition coefficient (Wildman–Crippen LogP) is 1.77. The zero-order valence-electron chi connectivity index (χ0n) is 7.99. The van der Waals surface area contributed by atoms with Gasteiger partial charge in [-0.05, 0) is 17.7 Å². The van der Waals surface area contributed by atoms with Crippen LogP contribution >= 0.6 is 0 Å². The summed E-state index contributed by atoms with van der Waals surface area (Å²) in [5.41, 5.74) is 1.81. The van der Waals surface area contributed by atoms with E-state index in [0.717, 1.165) is 22.3 Å². The maximum atomic E-state index is 9.20. The van der Waals surface area contributed by atoms with Gasteiger partial charge < -0.3 is 10.4 Å². The molecule has 0 radical (unpaired) electrons. The number of aromatic nitrogens is 1. The second-order valence-electron chi connectivity index (χ2n) is 3.09. The van der Waals surface area contributed by atoms with Gasteiger partial charge in [0.1, 0.15) is 5.82 Å². The summed E-state index contributed by atoms with van der Waals surface area (Å²) in [6.45, 7) is 0.0394. The van der Waals surface area contributed by atoms with Crippen LogP contribution < -0.4 is 5.32 Å². The van der Waals surface area contributed by atoms with Crippen LogP contribution in [0.15, 0.2) is 30.3 Å². The van der Waals surface area contributed by atoms with Crippen LogP contribution in [-0.2, 0) is 6.61 Å². The van der Waals surface area contributed by atoms with Crippen molar-refractivity contribution in [3.05, 3.63) is 35.9 Å². The molecule has 1 heterocycles. The summed E-state index contributed by atoms with van der Waals surface area (Å²) >= 11 is 0. The number of anilines is 1. The minimum absolute atomic E-state index is 0.0394. The van der Waals surface area contributed by atoms with E-state index in [9.17, 15) is 5.11 Å². The van der Waals surface area contributed by atoms with Gasteiger partial charge in [0.2, 0.25) is 0 Å². The average Bonchev–Trinajstić information content (AvgIpc) is 2.27. The van der Waals surface area contributed by atoms with E-state index in [0.29, 0.717) is 0 Å². The van der Waals surface area contributed by atoms with Crippen LogP contribution in [0.1, 0.15) is 5.56 Å². The molecular weight excluding hydrogens is 176 g/mol. The minimum Gasteiger partial charge on any atom is -0.392 e. The Labute approximate surface area is 82.4 Å². The lowest BCUT2D eigenvalue weighted by molar-refractivity contribution is 0.283. The molecular formula is C11H12N2O. The molecule has 0 amide bonds. The van der Waals surface area contributed by atoms with Crippen molar-refractivity contribution < 1.29 is 5.11 Å². The van der Waals surface area contributed by atoms with Gasteiger partial charge in [-0.3, -0.25) is 0 Å². The molecule has 2 rings (SSSR count). The minimum atomic E-state index is 0.0394. The summed E-state index contributed by atoms with van der Waals surface area (Å²) in [5, 5.41) is 13.2. The predicted molar refractivity (Wildman–Crippen MR) is 57.2 cm³/mol. The van der Waals surface area contributed by atoms with Gasteiger partial charge in [0.05, 0.1) is 12.1 Å². The summed E-state index contributed by atoms with van der Waals surface area (Å²) in [6, 6.07) is 9.66. The third-order valence-electron chi connectivity index (χ3n) is 2.23. The number of rotatable bonds is 2. The van der Waals surface area contributed by atoms with Gasteiger partial charge in [-0.15, -0.1) is 0 Å². The fraction of sp³-hybridized carbons (Fsp3) is 0.182. The summed E-state index contributed by atoms with van der Waals surface area (Å²) in [4.78, 5) is 4.38. The summed E-state index contributed by atoms with van der Waals surface area (Å²) in [7, 11) is 1.82. The van der Waals surface area contributed by atoms with E-state index in [-0.39, 0.29) is 6.61 Å². The molecule has 0 fully saturated rings. The Kier molecular flexibility index (Phi) is 2.33. The number of nitrogens with zero attached hydrogens (tertiary/aromatic N) is 1. The smallest absolute Gasteiger partial charge is 0.126 e. The Morgan fingerprint density at radius 3 is 2.86 bits per heavy atom. The van der Waals surface area contributed by atoms with Crippen molar-refractivity contribution in [3.8, 4) is 0 Å². The first-order chi connectivity index (χ1) is 6.85. The molecule has 3 heteroatoms. The van der Waals surface area contributed by atoms with Crippen molar-refractivity contribution in [1.29, 1.82) is 0 Å². The molecule has 0 spiro atoms. The fourth-order valence-corrected chi connectivity index (χ4v) is 1.51. The van der Waals surface area contributed by atoms with Gasteiger partial charge in [-0.25, -0.2) is 4.98 Å². The number of fused-ring (bicyclic) bond motifs is 1. The zero-order valence-corrected chi connectivity index (χ0v) is 7.99. The van der Waals surface area contributed by atoms with Crippen LogP contribution in [0.5, 0.6) is 0 Å². The number of hydrogen-bond acceptors (Lipinski definition) is 3. The molecule has 14 heavy (non-hydrogen) atoms. The van der Waals surface area contributed by atoms with E-state index in [1.807, 2.05) is 37.4 Å². The number of para-hydroxylation sites is 1. The molecule has 0 unspecified atom stereocenters. The highest BCUT2D eigenvalue weighted by Crippen LogP contribution is 2.20. The number of nitrogens with one attached hydrogen (secondary N) is 1. The van der Waals surface area contributed by atoms with Gasteiger partial charge in [0, 0.05) is 12.4 Å². The molecule has 0 aliphatic heterocycles. The van der Waals surface area contributed by atoms with E-state index in [4.69, 9.17) is 0 Å². The third-order valence-corrected chi connectivity index (χ3v) is 2.23. The van der Waals surface area contributed by atoms with E-state index >= 15 is 0 Å². The second kappa shape index (κ2) is 3.64. The van der Waals surface area contributed by atoms with E-state index in [1.54, 1.807) is 0 Å². The highest BCUT2D eigenvalue weighted by atomic mass is 16.3. The molecule has 0 aliphatic rings. The Morgan fingerprint density at radius 2 is 2.14 bits per heavy atom. The molecule has 0 atom stereocenters. The van der Waals surface area contributed by atoms with Gasteiger partial charge in [-0.2, -0.15) is 0 Å². The first-order valence-corrected chi connectivity index (χ1v) is 4.52. The van der Waals surface area contributed by atoms with Crippen molar-refractivity contribution >= 4 is 16.7 Å². The number of hydrogen-bond donors (Lipinski definition) is 2. The Balaban J connectivity index is 2.73. The molecule has 0 saturated heterocycles. The van der Waals surface area contributed by atoms with E-state index in [2.05, 4.69) is 10.3 Å². The monoisotopic (exact) mass is 188 g/mol. The molecule has 2 aromatic rings. The average molecular weight is 188 g/mol. The van der Waals surface area contributed by atoms with Crippen molar-refractivity contribution in [2.24, 2.45) is 0 Å². The molecule has 0 saturated carbocycles. The molecule has 0 bridgehead atoms. The SMILES string of the molecule is CNc1cc(CO)c2ccccc2n1. The van der Waals surface area contributed by atoms with Crippen molar-refractivity contribution in [1.82, 2.24) is 4.98 Å². The van der Waals surface area contributed by atoms with Crippen LogP contribution in [0.4, 0.5) is 5.82 Å². The zero-order chi connectivity index (χ0) is 9.97. The first-order valence-electron chi connectivity index (χ1n) is 4.52. The largest absolute Gasteiger partial charge is 0.392 e. The van der Waals surface area contributed by atoms with Gasteiger partial charge in [0.15, 0.2) is 0 Å². The molecule has 72 valence electrons. The number of pyridine rings is 1. The fourth-order valence-electron chi connectivity index (χ4n) is 1.51. The van der Waals surface area contributed by atoms with Gasteiger partial charge in [0.25, 0.3) is 0 Å². The van der Waals surface area contributed by atoms with Crippen molar-refractivity contribution in [3.63, 3.8) is 0 Å². The normalized spacial score (nSPS) is 10.4. The topological polar surface area (TPSA) is 45.1 Å². The Hall–Kier alpha value is -1.61. The molecule has 1 aromatic heterocycles. The van der Waals surface area contributed by atoms with Crippen molar-refractivity contribution in [2.45, 2.75) is 6.61 Å². The quantitative estimate of drug-likeness (QED) is 0.755. The first kappa shape index (κ1) is 8.97. The molecule has 3 nitrogen and oxygen atoms in total. The van der Waals surface area contributed by atoms with Crippen molar-refractivity contribution in [2.75, 3.05) is 12.4 Å².